The van der Waals surface area contributed by atoms with Crippen molar-refractivity contribution in [2.24, 2.45) is 11.8 Å². The maximum absolute atomic E-state index is 12.6. The summed E-state index contributed by atoms with van der Waals surface area (Å²) in [5.74, 6) is -0.0503. The third kappa shape index (κ3) is 6.04. The number of aryl methyl sites for hydroxylation is 1. The monoisotopic (exact) mass is 483 g/mol. The molecule has 4 rings (SSSR count). The van der Waals surface area contributed by atoms with Gasteiger partial charge in [0.15, 0.2) is 0 Å². The normalized spacial score (nSPS) is 20.4. The summed E-state index contributed by atoms with van der Waals surface area (Å²) >= 11 is 0. The SMILES string of the molecule is Cc1ccc(S(=O)(=O)NCC2CCC(C(=O)NCC(=O)N3CCc4ccccc4C3)CC2)cc1. The van der Waals surface area contributed by atoms with Crippen molar-refractivity contribution in [1.82, 2.24) is 14.9 Å². The molecule has 2 aromatic carbocycles. The molecule has 0 radical (unpaired) electrons. The Morgan fingerprint density at radius 3 is 2.35 bits per heavy atom. The Labute approximate surface area is 202 Å². The summed E-state index contributed by atoms with van der Waals surface area (Å²) in [7, 11) is -3.53. The van der Waals surface area contributed by atoms with Gasteiger partial charge in [-0.25, -0.2) is 13.1 Å². The summed E-state index contributed by atoms with van der Waals surface area (Å²) in [6.07, 6.45) is 3.81. The van der Waals surface area contributed by atoms with Gasteiger partial charge in [-0.15, -0.1) is 0 Å². The maximum atomic E-state index is 12.6. The molecule has 0 aromatic heterocycles. The summed E-state index contributed by atoms with van der Waals surface area (Å²) in [6.45, 7) is 3.58. The summed E-state index contributed by atoms with van der Waals surface area (Å²) in [4.78, 5) is 27.3. The molecule has 1 aliphatic heterocycles. The Bertz CT molecular complexity index is 1120. The van der Waals surface area contributed by atoms with E-state index in [1.165, 1.54) is 11.1 Å². The lowest BCUT2D eigenvalue weighted by atomic mass is 9.81. The highest BCUT2D eigenvalue weighted by molar-refractivity contribution is 7.89. The minimum atomic E-state index is -3.53. The lowest BCUT2D eigenvalue weighted by molar-refractivity contribution is -0.135. The lowest BCUT2D eigenvalue weighted by Gasteiger charge is -2.30. The molecular formula is C26H33N3O4S. The van der Waals surface area contributed by atoms with Gasteiger partial charge < -0.3 is 10.2 Å². The van der Waals surface area contributed by atoms with Gasteiger partial charge in [0.25, 0.3) is 0 Å². The van der Waals surface area contributed by atoms with E-state index < -0.39 is 10.0 Å². The predicted molar refractivity (Wildman–Crippen MR) is 130 cm³/mol. The molecule has 1 aliphatic carbocycles. The van der Waals surface area contributed by atoms with Crippen LogP contribution in [0.15, 0.2) is 53.4 Å². The molecule has 0 unspecified atom stereocenters. The average Bonchev–Trinajstić information content (AvgIpc) is 2.86. The number of rotatable bonds is 7. The van der Waals surface area contributed by atoms with Gasteiger partial charge in [-0.1, -0.05) is 42.0 Å². The summed E-state index contributed by atoms with van der Waals surface area (Å²) in [5, 5.41) is 2.83. The molecule has 1 fully saturated rings. The fourth-order valence-electron chi connectivity index (χ4n) is 4.78. The van der Waals surface area contributed by atoms with E-state index in [1.807, 2.05) is 25.1 Å². The predicted octanol–water partition coefficient (Wildman–Crippen LogP) is 2.78. The fraction of sp³-hybridized carbons (Fsp3) is 0.462. The van der Waals surface area contributed by atoms with Gasteiger partial charge in [0.1, 0.15) is 0 Å². The van der Waals surface area contributed by atoms with Crippen LogP contribution in [0.2, 0.25) is 0 Å². The average molecular weight is 484 g/mol. The van der Waals surface area contributed by atoms with Gasteiger partial charge in [-0.3, -0.25) is 9.59 Å². The zero-order valence-corrected chi connectivity index (χ0v) is 20.4. The quantitative estimate of drug-likeness (QED) is 0.633. The minimum absolute atomic E-state index is 0.0251. The van der Waals surface area contributed by atoms with Crippen LogP contribution < -0.4 is 10.0 Å². The number of carbonyl (C=O) groups is 2. The first kappa shape index (κ1) is 24.4. The van der Waals surface area contributed by atoms with Crippen LogP contribution in [0.3, 0.4) is 0 Å². The van der Waals surface area contributed by atoms with Crippen molar-refractivity contribution < 1.29 is 18.0 Å². The molecule has 8 heteroatoms. The number of amides is 2. The second kappa shape index (κ2) is 10.7. The molecule has 7 nitrogen and oxygen atoms in total. The fourth-order valence-corrected chi connectivity index (χ4v) is 5.90. The molecule has 2 amide bonds. The molecular weight excluding hydrogens is 450 g/mol. The van der Waals surface area contributed by atoms with Crippen molar-refractivity contribution in [3.63, 3.8) is 0 Å². The smallest absolute Gasteiger partial charge is 0.242 e. The first-order valence-corrected chi connectivity index (χ1v) is 13.5. The topological polar surface area (TPSA) is 95.6 Å². The highest BCUT2D eigenvalue weighted by Crippen LogP contribution is 2.29. The van der Waals surface area contributed by atoms with E-state index in [4.69, 9.17) is 0 Å². The standard InChI is InChI=1S/C26H33N3O4S/c1-19-6-12-24(13-7-19)34(32,33)28-16-20-8-10-22(11-9-20)26(31)27-17-25(30)29-15-14-21-4-2-3-5-23(21)18-29/h2-7,12-13,20,22,28H,8-11,14-18H2,1H3,(H,27,31). The van der Waals surface area contributed by atoms with E-state index in [2.05, 4.69) is 16.1 Å². The second-order valence-electron chi connectivity index (χ2n) is 9.43. The van der Waals surface area contributed by atoms with Crippen molar-refractivity contribution in [2.75, 3.05) is 19.6 Å². The first-order valence-electron chi connectivity index (χ1n) is 12.0. The summed E-state index contributed by atoms with van der Waals surface area (Å²) in [6, 6.07) is 14.9. The third-order valence-corrected chi connectivity index (χ3v) is 8.45. The van der Waals surface area contributed by atoms with E-state index in [0.717, 1.165) is 24.8 Å². The van der Waals surface area contributed by atoms with Crippen LogP contribution in [0, 0.1) is 18.8 Å². The summed E-state index contributed by atoms with van der Waals surface area (Å²) < 4.78 is 27.7. The number of hydrogen-bond donors (Lipinski definition) is 2. The number of fused-ring (bicyclic) bond motifs is 1. The van der Waals surface area contributed by atoms with Gasteiger partial charge in [-0.2, -0.15) is 0 Å². The Morgan fingerprint density at radius 2 is 1.65 bits per heavy atom. The van der Waals surface area contributed by atoms with E-state index >= 15 is 0 Å². The maximum Gasteiger partial charge on any atom is 0.242 e. The Balaban J connectivity index is 1.18. The molecule has 0 spiro atoms. The lowest BCUT2D eigenvalue weighted by Crippen LogP contribution is -2.44. The van der Waals surface area contributed by atoms with Crippen molar-refractivity contribution in [2.45, 2.75) is 50.5 Å². The number of nitrogens with zero attached hydrogens (tertiary/aromatic N) is 1. The number of carbonyl (C=O) groups excluding carboxylic acids is 2. The van der Waals surface area contributed by atoms with Crippen molar-refractivity contribution in [1.29, 1.82) is 0 Å². The molecule has 2 aliphatic rings. The van der Waals surface area contributed by atoms with E-state index in [0.29, 0.717) is 32.5 Å². The Morgan fingerprint density at radius 1 is 0.971 bits per heavy atom. The molecule has 1 saturated carbocycles. The first-order chi connectivity index (χ1) is 16.3. The second-order valence-corrected chi connectivity index (χ2v) is 11.2. The van der Waals surface area contributed by atoms with Crippen LogP contribution in [-0.4, -0.2) is 44.8 Å². The third-order valence-electron chi connectivity index (χ3n) is 7.01. The van der Waals surface area contributed by atoms with Gasteiger partial charge in [-0.05, 0) is 68.2 Å². The zero-order chi connectivity index (χ0) is 24.1. The van der Waals surface area contributed by atoms with Gasteiger partial charge >= 0.3 is 0 Å². The van der Waals surface area contributed by atoms with E-state index in [-0.39, 0.29) is 35.1 Å². The van der Waals surface area contributed by atoms with Crippen LogP contribution >= 0.6 is 0 Å². The number of sulfonamides is 1. The molecule has 34 heavy (non-hydrogen) atoms. The number of hydrogen-bond acceptors (Lipinski definition) is 4. The molecule has 0 atom stereocenters. The molecule has 2 aromatic rings. The van der Waals surface area contributed by atoms with Crippen LogP contribution in [0.1, 0.15) is 42.4 Å². The van der Waals surface area contributed by atoms with E-state index in [9.17, 15) is 18.0 Å². The highest BCUT2D eigenvalue weighted by atomic mass is 32.2. The zero-order valence-electron chi connectivity index (χ0n) is 19.6. The number of nitrogens with one attached hydrogen (secondary N) is 2. The van der Waals surface area contributed by atoms with Crippen LogP contribution in [0.5, 0.6) is 0 Å². The molecule has 2 N–H and O–H groups in total. The minimum Gasteiger partial charge on any atom is -0.347 e. The number of benzene rings is 2. The largest absolute Gasteiger partial charge is 0.347 e. The van der Waals surface area contributed by atoms with Crippen molar-refractivity contribution in [3.8, 4) is 0 Å². The van der Waals surface area contributed by atoms with Crippen LogP contribution in [-0.2, 0) is 32.6 Å². The van der Waals surface area contributed by atoms with Crippen molar-refractivity contribution in [3.05, 3.63) is 65.2 Å². The van der Waals surface area contributed by atoms with Gasteiger partial charge in [0.2, 0.25) is 21.8 Å². The van der Waals surface area contributed by atoms with Crippen LogP contribution in [0.25, 0.3) is 0 Å². The summed E-state index contributed by atoms with van der Waals surface area (Å²) in [5.41, 5.74) is 3.47. The molecule has 0 saturated heterocycles. The van der Waals surface area contributed by atoms with Gasteiger partial charge in [0, 0.05) is 25.6 Å². The molecule has 0 bridgehead atoms. The Hall–Kier alpha value is -2.71. The van der Waals surface area contributed by atoms with Crippen molar-refractivity contribution >= 4 is 21.8 Å². The van der Waals surface area contributed by atoms with Gasteiger partial charge in [0.05, 0.1) is 11.4 Å². The molecule has 182 valence electrons. The van der Waals surface area contributed by atoms with Crippen LogP contribution in [0.4, 0.5) is 0 Å². The Kier molecular flexibility index (Phi) is 7.68. The van der Waals surface area contributed by atoms with E-state index in [1.54, 1.807) is 29.2 Å². The molecule has 1 heterocycles. The highest BCUT2D eigenvalue weighted by Gasteiger charge is 2.28.